The Kier molecular flexibility index (Phi) is 10.7. The van der Waals surface area contributed by atoms with E-state index in [1.54, 1.807) is 6.92 Å². The third-order valence-electron chi connectivity index (χ3n) is 9.07. The van der Waals surface area contributed by atoms with Gasteiger partial charge >= 0.3 is 5.97 Å². The van der Waals surface area contributed by atoms with E-state index in [1.807, 2.05) is 39.5 Å². The summed E-state index contributed by atoms with van der Waals surface area (Å²) in [6.45, 7) is 20.7. The number of hydrogen-bond acceptors (Lipinski definition) is 9. The van der Waals surface area contributed by atoms with Crippen LogP contribution in [0.4, 0.5) is 0 Å². The van der Waals surface area contributed by atoms with E-state index in [0.29, 0.717) is 30.1 Å². The molecule has 3 rings (SSSR count). The molecule has 252 valence electrons. The first-order chi connectivity index (χ1) is 20.5. The highest BCUT2D eigenvalue weighted by atomic mass is 32.2. The van der Waals surface area contributed by atoms with Crippen LogP contribution in [0.3, 0.4) is 0 Å². The highest BCUT2D eigenvalue weighted by Gasteiger charge is 2.66. The molecule has 1 aliphatic carbocycles. The normalized spacial score (nSPS) is 22.0. The lowest BCUT2D eigenvalue weighted by Gasteiger charge is -2.46. The first-order valence-corrected chi connectivity index (χ1v) is 17.7. The number of sulfonamides is 1. The van der Waals surface area contributed by atoms with Gasteiger partial charge in [-0.3, -0.25) is 14.4 Å². The number of hydrogen-bond donors (Lipinski definition) is 1. The predicted molar refractivity (Wildman–Crippen MR) is 174 cm³/mol. The van der Waals surface area contributed by atoms with E-state index >= 15 is 0 Å². The summed E-state index contributed by atoms with van der Waals surface area (Å²) >= 11 is 1.85. The molecule has 0 aromatic heterocycles. The summed E-state index contributed by atoms with van der Waals surface area (Å²) in [7, 11) is -4.45. The summed E-state index contributed by atoms with van der Waals surface area (Å²) in [6.07, 6.45) is 1.61. The number of fused-ring (bicyclic) bond motifs is 2. The zero-order valence-electron chi connectivity index (χ0n) is 28.4. The largest absolute Gasteiger partial charge is 0.460 e. The molecule has 45 heavy (non-hydrogen) atoms. The lowest BCUT2D eigenvalue weighted by molar-refractivity contribution is -0.160. The number of carbonyl (C=O) groups is 4. The minimum Gasteiger partial charge on any atom is -0.460 e. The second-order valence-electron chi connectivity index (χ2n) is 15.1. The quantitative estimate of drug-likeness (QED) is 0.171. The average Bonchev–Trinajstić information content (AvgIpc) is 3.07. The van der Waals surface area contributed by atoms with Gasteiger partial charge in [0.1, 0.15) is 6.61 Å². The van der Waals surface area contributed by atoms with Crippen LogP contribution in [-0.2, 0) is 33.9 Å². The van der Waals surface area contributed by atoms with E-state index in [4.69, 9.17) is 9.47 Å². The van der Waals surface area contributed by atoms with Crippen LogP contribution in [0.25, 0.3) is 0 Å². The van der Waals surface area contributed by atoms with Crippen LogP contribution in [0.15, 0.2) is 29.2 Å². The summed E-state index contributed by atoms with van der Waals surface area (Å²) in [5.74, 6) is -2.71. The van der Waals surface area contributed by atoms with Crippen LogP contribution in [-0.4, -0.2) is 72.3 Å². The maximum atomic E-state index is 13.4. The molecule has 10 nitrogen and oxygen atoms in total. The zero-order chi connectivity index (χ0) is 34.2. The Morgan fingerprint density at radius 3 is 2.16 bits per heavy atom. The van der Waals surface area contributed by atoms with Gasteiger partial charge in [-0.05, 0) is 48.9 Å². The highest BCUT2D eigenvalue weighted by Crippen LogP contribution is 2.60. The molecule has 3 amide bonds. The minimum absolute atomic E-state index is 0.0386. The molecule has 0 radical (unpaired) electrons. The Morgan fingerprint density at radius 2 is 1.58 bits per heavy atom. The monoisotopic (exact) mass is 666 g/mol. The maximum absolute atomic E-state index is 13.4. The van der Waals surface area contributed by atoms with Gasteiger partial charge in [0.05, 0.1) is 29.1 Å². The number of esters is 1. The molecule has 2 bridgehead atoms. The Hall–Kier alpha value is -2.44. The van der Waals surface area contributed by atoms with Crippen molar-refractivity contribution in [3.8, 4) is 0 Å². The van der Waals surface area contributed by atoms with Crippen molar-refractivity contribution in [2.24, 2.45) is 22.2 Å². The van der Waals surface area contributed by atoms with Crippen molar-refractivity contribution in [3.63, 3.8) is 0 Å². The second-order valence-corrected chi connectivity index (χ2v) is 19.4. The molecular weight excluding hydrogens is 617 g/mol. The number of imide groups is 1. The van der Waals surface area contributed by atoms with Gasteiger partial charge in [0, 0.05) is 27.4 Å². The Balaban J connectivity index is 1.45. The third kappa shape index (κ3) is 7.93. The van der Waals surface area contributed by atoms with Crippen LogP contribution in [0.1, 0.15) is 98.9 Å². The summed E-state index contributed by atoms with van der Waals surface area (Å²) in [5.41, 5.74) is -2.05. The van der Waals surface area contributed by atoms with Crippen molar-refractivity contribution < 1.29 is 37.1 Å². The molecular formula is C33H50N2O8S2. The topological polar surface area (TPSA) is 136 Å². The van der Waals surface area contributed by atoms with Crippen LogP contribution in [0, 0.1) is 22.2 Å². The Morgan fingerprint density at radius 1 is 0.978 bits per heavy atom. The van der Waals surface area contributed by atoms with E-state index in [-0.39, 0.29) is 45.7 Å². The number of nitrogens with one attached hydrogen (secondary N) is 1. The van der Waals surface area contributed by atoms with Gasteiger partial charge in [-0.2, -0.15) is 4.31 Å². The SMILES string of the molecule is CC(C)(C)SC(C)(C)CC(C)(C)C(=O)NCCOCCOC(=O)c1ccc(S(=O)(=O)N2C(=O)C3CCC(C)(C2=O)C3(C)C)cc1. The third-order valence-corrected chi connectivity index (χ3v) is 12.1. The lowest BCUT2D eigenvalue weighted by atomic mass is 9.63. The standard InChI is InChI=1S/C33H50N2O8S2/c1-29(2,3)44-31(6,7)21-30(4,5)27(38)34-17-18-42-19-20-43-26(37)22-11-13-23(14-12-22)45(40,41)35-25(36)24-15-16-33(10,28(35)39)32(24,8)9/h11-14,24H,15-21H2,1-10H3,(H,34,38). The van der Waals surface area contributed by atoms with Crippen LogP contribution in [0.5, 0.6) is 0 Å². The van der Waals surface area contributed by atoms with E-state index < -0.39 is 50.0 Å². The number of rotatable bonds is 13. The van der Waals surface area contributed by atoms with Gasteiger partial charge in [0.25, 0.3) is 10.0 Å². The van der Waals surface area contributed by atoms with Crippen LogP contribution in [0.2, 0.25) is 0 Å². The molecule has 2 atom stereocenters. The summed E-state index contributed by atoms with van der Waals surface area (Å²) in [5, 5.41) is 2.92. The predicted octanol–water partition coefficient (Wildman–Crippen LogP) is 5.20. The molecule has 1 saturated carbocycles. The van der Waals surface area contributed by atoms with Gasteiger partial charge in [-0.25, -0.2) is 13.2 Å². The van der Waals surface area contributed by atoms with E-state index in [2.05, 4.69) is 39.9 Å². The minimum atomic E-state index is -4.45. The molecule has 1 N–H and O–H groups in total. The van der Waals surface area contributed by atoms with E-state index in [1.165, 1.54) is 24.3 Å². The average molecular weight is 667 g/mol. The molecule has 1 aromatic carbocycles. The second kappa shape index (κ2) is 13.0. The highest BCUT2D eigenvalue weighted by molar-refractivity contribution is 8.01. The fraction of sp³-hybridized carbons (Fsp3) is 0.697. The van der Waals surface area contributed by atoms with Crippen molar-refractivity contribution in [1.29, 1.82) is 0 Å². The molecule has 1 aromatic rings. The summed E-state index contributed by atoms with van der Waals surface area (Å²) in [6, 6.07) is 4.96. The van der Waals surface area contributed by atoms with E-state index in [0.717, 1.165) is 0 Å². The van der Waals surface area contributed by atoms with Gasteiger partial charge in [0.15, 0.2) is 0 Å². The lowest BCUT2D eigenvalue weighted by Crippen LogP contribution is -2.60. The molecule has 2 fully saturated rings. The smallest absolute Gasteiger partial charge is 0.338 e. The molecule has 2 unspecified atom stereocenters. The number of amides is 3. The van der Waals surface area contributed by atoms with Crippen LogP contribution >= 0.6 is 11.8 Å². The van der Waals surface area contributed by atoms with Gasteiger partial charge in [-0.1, -0.05) is 69.2 Å². The molecule has 1 heterocycles. The van der Waals surface area contributed by atoms with Crippen molar-refractivity contribution in [1.82, 2.24) is 9.62 Å². The van der Waals surface area contributed by atoms with Gasteiger partial charge in [0.2, 0.25) is 17.7 Å². The fourth-order valence-corrected chi connectivity index (χ4v) is 10.3. The van der Waals surface area contributed by atoms with Gasteiger partial charge in [-0.15, -0.1) is 11.8 Å². The summed E-state index contributed by atoms with van der Waals surface area (Å²) in [4.78, 5) is 51.5. The van der Waals surface area contributed by atoms with Gasteiger partial charge < -0.3 is 14.8 Å². The number of thioether (sulfide) groups is 1. The molecule has 2 aliphatic rings. The Labute approximate surface area is 272 Å². The first kappa shape index (κ1) is 37.0. The van der Waals surface area contributed by atoms with Crippen molar-refractivity contribution in [2.45, 2.75) is 103 Å². The number of ether oxygens (including phenoxy) is 2. The van der Waals surface area contributed by atoms with Crippen molar-refractivity contribution in [2.75, 3.05) is 26.4 Å². The molecule has 1 saturated heterocycles. The molecule has 1 aliphatic heterocycles. The number of nitrogens with zero attached hydrogens (tertiary/aromatic N) is 1. The Bertz CT molecular complexity index is 1410. The van der Waals surface area contributed by atoms with Crippen molar-refractivity contribution >= 4 is 45.5 Å². The number of piperidine rings is 1. The number of benzene rings is 1. The van der Waals surface area contributed by atoms with Crippen molar-refractivity contribution in [3.05, 3.63) is 29.8 Å². The summed E-state index contributed by atoms with van der Waals surface area (Å²) < 4.78 is 38.0. The van der Waals surface area contributed by atoms with E-state index in [9.17, 15) is 27.6 Å². The molecule has 12 heteroatoms. The van der Waals surface area contributed by atoms with Crippen LogP contribution < -0.4 is 5.32 Å². The number of carbonyl (C=O) groups excluding carboxylic acids is 4. The molecule has 0 spiro atoms. The zero-order valence-corrected chi connectivity index (χ0v) is 30.0. The first-order valence-electron chi connectivity index (χ1n) is 15.4. The fourth-order valence-electron chi connectivity index (χ4n) is 6.74. The maximum Gasteiger partial charge on any atom is 0.338 e.